The van der Waals surface area contributed by atoms with Gasteiger partial charge in [0, 0.05) is 54.6 Å². The van der Waals surface area contributed by atoms with Crippen molar-refractivity contribution < 1.29 is 14.3 Å². The van der Waals surface area contributed by atoms with Crippen molar-refractivity contribution in [1.29, 1.82) is 0 Å². The summed E-state index contributed by atoms with van der Waals surface area (Å²) in [7, 11) is 0. The minimum atomic E-state index is -0.226. The van der Waals surface area contributed by atoms with Crippen LogP contribution < -0.4 is 20.3 Å². The number of benzene rings is 3. The summed E-state index contributed by atoms with van der Waals surface area (Å²) < 4.78 is 5.87. The second-order valence-electron chi connectivity index (χ2n) is 9.73. The first kappa shape index (κ1) is 31.3. The van der Waals surface area contributed by atoms with Crippen molar-refractivity contribution >= 4 is 47.2 Å². The van der Waals surface area contributed by atoms with Crippen molar-refractivity contribution in [3.63, 3.8) is 0 Å². The Kier molecular flexibility index (Phi) is 12.1. The molecule has 0 saturated carbocycles. The summed E-state index contributed by atoms with van der Waals surface area (Å²) in [5.74, 6) is 0.636. The molecule has 4 rings (SSSR count). The van der Waals surface area contributed by atoms with Crippen LogP contribution in [0, 0.1) is 6.92 Å². The Hall–Kier alpha value is -3.26. The lowest BCUT2D eigenvalue weighted by molar-refractivity contribution is 0.0952. The maximum absolute atomic E-state index is 12.5. The number of aryl methyl sites for hydroxylation is 1. The van der Waals surface area contributed by atoms with Gasteiger partial charge in [0.1, 0.15) is 5.75 Å². The van der Waals surface area contributed by atoms with Gasteiger partial charge >= 0.3 is 0 Å². The summed E-state index contributed by atoms with van der Waals surface area (Å²) in [5.41, 5.74) is 4.11. The summed E-state index contributed by atoms with van der Waals surface area (Å²) in [6.07, 6.45) is 1.96. The molecule has 0 bridgehead atoms. The molecule has 9 heteroatoms. The van der Waals surface area contributed by atoms with Crippen molar-refractivity contribution in [1.82, 2.24) is 10.2 Å². The topological polar surface area (TPSA) is 73.9 Å². The van der Waals surface area contributed by atoms with Gasteiger partial charge in [-0.1, -0.05) is 17.7 Å². The molecule has 3 aromatic carbocycles. The number of piperazine rings is 1. The zero-order valence-electron chi connectivity index (χ0n) is 23.1. The van der Waals surface area contributed by atoms with Gasteiger partial charge in [-0.05, 0) is 99.5 Å². The molecule has 0 unspecified atom stereocenters. The van der Waals surface area contributed by atoms with Gasteiger partial charge < -0.3 is 20.3 Å². The van der Waals surface area contributed by atoms with E-state index in [9.17, 15) is 9.59 Å². The molecule has 1 fully saturated rings. The molecule has 0 atom stereocenters. The molecule has 1 aliphatic rings. The van der Waals surface area contributed by atoms with E-state index in [2.05, 4.69) is 45.6 Å². The number of carbonyl (C=O) groups is 2. The predicted octanol–water partition coefficient (Wildman–Crippen LogP) is 6.05. The van der Waals surface area contributed by atoms with E-state index in [1.165, 1.54) is 11.3 Å². The second kappa shape index (κ2) is 15.5. The second-order valence-corrected chi connectivity index (χ2v) is 10.2. The lowest BCUT2D eigenvalue weighted by atomic mass is 10.1. The first-order valence-corrected chi connectivity index (χ1v) is 14.0. The average Bonchev–Trinajstić information content (AvgIpc) is 2.94. The third-order valence-corrected chi connectivity index (χ3v) is 7.08. The van der Waals surface area contributed by atoms with Crippen molar-refractivity contribution in [3.05, 3.63) is 88.4 Å². The Labute approximate surface area is 248 Å². The van der Waals surface area contributed by atoms with Gasteiger partial charge in [0.25, 0.3) is 11.8 Å². The van der Waals surface area contributed by atoms with Crippen LogP contribution in [-0.2, 0) is 0 Å². The van der Waals surface area contributed by atoms with Gasteiger partial charge in [-0.2, -0.15) is 0 Å². The van der Waals surface area contributed by atoms with E-state index in [0.717, 1.165) is 51.3 Å². The zero-order valence-corrected chi connectivity index (χ0v) is 24.7. The molecule has 40 heavy (non-hydrogen) atoms. The Morgan fingerprint density at radius 3 is 2.20 bits per heavy atom. The molecular weight excluding hydrogens is 547 g/mol. The summed E-state index contributed by atoms with van der Waals surface area (Å²) in [5, 5.41) is 6.41. The van der Waals surface area contributed by atoms with E-state index < -0.39 is 0 Å². The highest BCUT2D eigenvalue weighted by Crippen LogP contribution is 2.30. The van der Waals surface area contributed by atoms with Crippen LogP contribution in [0.5, 0.6) is 5.75 Å². The minimum absolute atomic E-state index is 0. The van der Waals surface area contributed by atoms with Gasteiger partial charge in [-0.25, -0.2) is 0 Å². The number of unbranched alkanes of at least 4 members (excludes halogenated alkanes) is 1. The molecule has 7 nitrogen and oxygen atoms in total. The van der Waals surface area contributed by atoms with Crippen LogP contribution in [0.3, 0.4) is 0 Å². The number of carbonyl (C=O) groups excluding carboxylic acids is 2. The van der Waals surface area contributed by atoms with Gasteiger partial charge in [-0.3, -0.25) is 14.5 Å². The number of nitrogens with zero attached hydrogens (tertiary/aromatic N) is 2. The van der Waals surface area contributed by atoms with E-state index in [1.54, 1.807) is 48.5 Å². The summed E-state index contributed by atoms with van der Waals surface area (Å²) in [6, 6.07) is 20.0. The summed E-state index contributed by atoms with van der Waals surface area (Å²) >= 11 is 5.88. The van der Waals surface area contributed by atoms with Crippen LogP contribution in [0.15, 0.2) is 66.7 Å². The van der Waals surface area contributed by atoms with Crippen LogP contribution in [-0.4, -0.2) is 62.6 Å². The predicted molar refractivity (Wildman–Crippen MR) is 166 cm³/mol. The maximum atomic E-state index is 12.5. The standard InChI is InChI=1S/C31H37ClN4O3.ClH/c1-3-39-29-22-23(2)6-15-28(29)36-20-18-35(19-21-36)17-5-4-16-33-30(37)24-9-13-27(14-10-24)34-31(38)25-7-11-26(32)12-8-25;/h6-15,22H,3-5,16-21H2,1-2H3,(H,33,37)(H,34,38);1H. The molecule has 2 N–H and O–H groups in total. The third-order valence-electron chi connectivity index (χ3n) is 6.83. The first-order valence-electron chi connectivity index (χ1n) is 13.6. The summed E-state index contributed by atoms with van der Waals surface area (Å²) in [4.78, 5) is 29.8. The lowest BCUT2D eigenvalue weighted by Crippen LogP contribution is -2.46. The molecule has 214 valence electrons. The number of anilines is 2. The Balaban J connectivity index is 0.00000441. The molecule has 1 aliphatic heterocycles. The number of halogens is 2. The van der Waals surface area contributed by atoms with E-state index in [-0.39, 0.29) is 24.2 Å². The lowest BCUT2D eigenvalue weighted by Gasteiger charge is -2.36. The van der Waals surface area contributed by atoms with Gasteiger partial charge in [0.05, 0.1) is 12.3 Å². The largest absolute Gasteiger partial charge is 0.492 e. The van der Waals surface area contributed by atoms with E-state index >= 15 is 0 Å². The van der Waals surface area contributed by atoms with Crippen LogP contribution in [0.1, 0.15) is 46.0 Å². The van der Waals surface area contributed by atoms with Crippen LogP contribution in [0.4, 0.5) is 11.4 Å². The smallest absolute Gasteiger partial charge is 0.255 e. The number of nitrogens with one attached hydrogen (secondary N) is 2. The molecule has 0 radical (unpaired) electrons. The van der Waals surface area contributed by atoms with E-state index in [1.807, 2.05) is 6.92 Å². The monoisotopic (exact) mass is 584 g/mol. The number of hydrogen-bond donors (Lipinski definition) is 2. The van der Waals surface area contributed by atoms with Gasteiger partial charge in [0.2, 0.25) is 0 Å². The molecule has 1 saturated heterocycles. The molecule has 3 aromatic rings. The minimum Gasteiger partial charge on any atom is -0.492 e. The van der Waals surface area contributed by atoms with Crippen LogP contribution >= 0.6 is 24.0 Å². The number of ether oxygens (including phenoxy) is 1. The van der Waals surface area contributed by atoms with Crippen molar-refractivity contribution in [2.24, 2.45) is 0 Å². The number of amides is 2. The van der Waals surface area contributed by atoms with Crippen molar-refractivity contribution in [2.45, 2.75) is 26.7 Å². The first-order chi connectivity index (χ1) is 18.9. The van der Waals surface area contributed by atoms with E-state index in [0.29, 0.717) is 35.0 Å². The maximum Gasteiger partial charge on any atom is 0.255 e. The van der Waals surface area contributed by atoms with Gasteiger partial charge in [0.15, 0.2) is 0 Å². The molecule has 2 amide bonds. The van der Waals surface area contributed by atoms with Crippen molar-refractivity contribution in [3.8, 4) is 5.75 Å². The normalized spacial score (nSPS) is 13.3. The molecular formula is C31H38Cl2N4O3. The summed E-state index contributed by atoms with van der Waals surface area (Å²) in [6.45, 7) is 10.4. The number of rotatable bonds is 11. The molecule has 0 aromatic heterocycles. The number of hydrogen-bond acceptors (Lipinski definition) is 5. The average molecular weight is 586 g/mol. The quantitative estimate of drug-likeness (QED) is 0.268. The molecule has 1 heterocycles. The Bertz CT molecular complexity index is 1240. The fourth-order valence-electron chi connectivity index (χ4n) is 4.64. The Morgan fingerprint density at radius 1 is 0.875 bits per heavy atom. The van der Waals surface area contributed by atoms with Crippen molar-refractivity contribution in [2.75, 3.05) is 56.1 Å². The highest BCUT2D eigenvalue weighted by Gasteiger charge is 2.19. The van der Waals surface area contributed by atoms with Crippen LogP contribution in [0.25, 0.3) is 0 Å². The zero-order chi connectivity index (χ0) is 27.6. The highest BCUT2D eigenvalue weighted by atomic mass is 35.5. The molecule has 0 spiro atoms. The highest BCUT2D eigenvalue weighted by molar-refractivity contribution is 6.30. The third kappa shape index (κ3) is 8.88. The van der Waals surface area contributed by atoms with E-state index in [4.69, 9.17) is 16.3 Å². The SMILES string of the molecule is CCOc1cc(C)ccc1N1CCN(CCCCNC(=O)c2ccc(NC(=O)c3ccc(Cl)cc3)cc2)CC1.Cl. The Morgan fingerprint density at radius 2 is 1.52 bits per heavy atom. The van der Waals surface area contributed by atoms with Gasteiger partial charge in [-0.15, -0.1) is 12.4 Å². The van der Waals surface area contributed by atoms with Crippen LogP contribution in [0.2, 0.25) is 5.02 Å². The fourth-order valence-corrected chi connectivity index (χ4v) is 4.77. The molecule has 0 aliphatic carbocycles. The fraction of sp³-hybridized carbons (Fsp3) is 0.355.